The zero-order valence-electron chi connectivity index (χ0n) is 14.3. The number of anilines is 3. The molecule has 0 bridgehead atoms. The first-order chi connectivity index (χ1) is 12.2. The van der Waals surface area contributed by atoms with E-state index in [4.69, 9.17) is 0 Å². The molecule has 0 fully saturated rings. The van der Waals surface area contributed by atoms with Gasteiger partial charge in [0.1, 0.15) is 5.82 Å². The molecule has 0 aliphatic heterocycles. The lowest BCUT2D eigenvalue weighted by Crippen LogP contribution is -2.21. The van der Waals surface area contributed by atoms with Crippen LogP contribution in [-0.4, -0.2) is 32.7 Å². The van der Waals surface area contributed by atoms with Gasteiger partial charge in [0.15, 0.2) is 0 Å². The van der Waals surface area contributed by atoms with E-state index in [0.717, 1.165) is 22.5 Å². The maximum absolute atomic E-state index is 9.28. The van der Waals surface area contributed by atoms with E-state index in [1.54, 1.807) is 12.4 Å². The van der Waals surface area contributed by atoms with Crippen LogP contribution in [0.2, 0.25) is 0 Å². The average Bonchev–Trinajstić information content (AvgIpc) is 2.64. The molecule has 25 heavy (non-hydrogen) atoms. The summed E-state index contributed by atoms with van der Waals surface area (Å²) in [4.78, 5) is 13.2. The molecule has 6 heteroatoms. The van der Waals surface area contributed by atoms with Gasteiger partial charge in [-0.15, -0.1) is 0 Å². The molecule has 3 rings (SSSR count). The zero-order valence-corrected chi connectivity index (χ0v) is 14.3. The Morgan fingerprint density at radius 2 is 1.96 bits per heavy atom. The van der Waals surface area contributed by atoms with Gasteiger partial charge in [0.25, 0.3) is 0 Å². The molecular formula is C19H21N5O. The van der Waals surface area contributed by atoms with Crippen molar-refractivity contribution in [2.75, 3.05) is 17.2 Å². The third kappa shape index (κ3) is 4.30. The SMILES string of the molecule is Cc1ccccc1Nc1cc(-c2cccnc2)nc(N[C@H](C)CO)n1. The number of rotatable bonds is 6. The van der Waals surface area contributed by atoms with Gasteiger partial charge in [0.05, 0.1) is 12.3 Å². The minimum absolute atomic E-state index is 0.00103. The molecule has 0 amide bonds. The van der Waals surface area contributed by atoms with Gasteiger partial charge >= 0.3 is 0 Å². The number of aliphatic hydroxyl groups excluding tert-OH is 1. The Morgan fingerprint density at radius 1 is 1.12 bits per heavy atom. The highest BCUT2D eigenvalue weighted by Gasteiger charge is 2.10. The standard InChI is InChI=1S/C19H21N5O/c1-13-6-3-4-8-16(13)22-18-10-17(15-7-5-9-20-11-15)23-19(24-18)21-14(2)12-25/h3-11,14,25H,12H2,1-2H3,(H2,21,22,23,24)/t14-/m1/s1. The summed E-state index contributed by atoms with van der Waals surface area (Å²) in [6, 6.07) is 13.6. The van der Waals surface area contributed by atoms with Crippen molar-refractivity contribution in [2.24, 2.45) is 0 Å². The summed E-state index contributed by atoms with van der Waals surface area (Å²) >= 11 is 0. The summed E-state index contributed by atoms with van der Waals surface area (Å²) < 4.78 is 0. The number of nitrogens with zero attached hydrogens (tertiary/aromatic N) is 3. The van der Waals surface area contributed by atoms with Crippen molar-refractivity contribution < 1.29 is 5.11 Å². The molecule has 0 saturated heterocycles. The number of aryl methyl sites for hydroxylation is 1. The van der Waals surface area contributed by atoms with Crippen molar-refractivity contribution in [3.63, 3.8) is 0 Å². The Morgan fingerprint density at radius 3 is 2.68 bits per heavy atom. The lowest BCUT2D eigenvalue weighted by molar-refractivity contribution is 0.281. The van der Waals surface area contributed by atoms with Gasteiger partial charge < -0.3 is 15.7 Å². The smallest absolute Gasteiger partial charge is 0.225 e. The van der Waals surface area contributed by atoms with E-state index in [9.17, 15) is 5.11 Å². The quantitative estimate of drug-likeness (QED) is 0.640. The van der Waals surface area contributed by atoms with E-state index < -0.39 is 0 Å². The first-order valence-corrected chi connectivity index (χ1v) is 8.15. The lowest BCUT2D eigenvalue weighted by Gasteiger charge is -2.15. The van der Waals surface area contributed by atoms with Crippen LogP contribution in [0.4, 0.5) is 17.5 Å². The predicted molar refractivity (Wildman–Crippen MR) is 99.9 cm³/mol. The first kappa shape index (κ1) is 16.9. The number of hydrogen-bond donors (Lipinski definition) is 3. The van der Waals surface area contributed by atoms with Crippen LogP contribution in [0.3, 0.4) is 0 Å². The topological polar surface area (TPSA) is 83.0 Å². The fourth-order valence-electron chi connectivity index (χ4n) is 2.36. The summed E-state index contributed by atoms with van der Waals surface area (Å²) in [6.07, 6.45) is 3.49. The molecular weight excluding hydrogens is 314 g/mol. The highest BCUT2D eigenvalue weighted by Crippen LogP contribution is 2.24. The summed E-state index contributed by atoms with van der Waals surface area (Å²) in [5.41, 5.74) is 3.77. The minimum Gasteiger partial charge on any atom is -0.394 e. The Bertz CT molecular complexity index is 838. The molecule has 2 heterocycles. The molecule has 2 aromatic heterocycles. The molecule has 1 atom stereocenters. The Kier molecular flexibility index (Phi) is 5.20. The molecule has 0 aliphatic carbocycles. The largest absolute Gasteiger partial charge is 0.394 e. The van der Waals surface area contributed by atoms with Gasteiger partial charge in [-0.25, -0.2) is 4.98 Å². The molecule has 0 aliphatic rings. The number of aromatic nitrogens is 3. The van der Waals surface area contributed by atoms with Crippen LogP contribution < -0.4 is 10.6 Å². The summed E-state index contributed by atoms with van der Waals surface area (Å²) in [7, 11) is 0. The van der Waals surface area contributed by atoms with Gasteiger partial charge in [0.2, 0.25) is 5.95 Å². The van der Waals surface area contributed by atoms with Crippen molar-refractivity contribution in [1.29, 1.82) is 0 Å². The maximum Gasteiger partial charge on any atom is 0.225 e. The van der Waals surface area contributed by atoms with Crippen LogP contribution in [0.15, 0.2) is 54.9 Å². The second-order valence-corrected chi connectivity index (χ2v) is 5.87. The molecule has 0 unspecified atom stereocenters. The van der Waals surface area contributed by atoms with Gasteiger partial charge in [-0.3, -0.25) is 4.98 Å². The van der Waals surface area contributed by atoms with Crippen LogP contribution >= 0.6 is 0 Å². The van der Waals surface area contributed by atoms with Crippen LogP contribution in [0.1, 0.15) is 12.5 Å². The van der Waals surface area contributed by atoms with E-state index >= 15 is 0 Å². The number of nitrogens with one attached hydrogen (secondary N) is 2. The number of aliphatic hydroxyl groups is 1. The second kappa shape index (κ2) is 7.72. The van der Waals surface area contributed by atoms with E-state index in [1.165, 1.54) is 0 Å². The molecule has 1 aromatic carbocycles. The first-order valence-electron chi connectivity index (χ1n) is 8.15. The van der Waals surface area contributed by atoms with Gasteiger partial charge in [0, 0.05) is 35.8 Å². The van der Waals surface area contributed by atoms with E-state index in [0.29, 0.717) is 11.8 Å². The molecule has 0 spiro atoms. The van der Waals surface area contributed by atoms with Crippen LogP contribution in [-0.2, 0) is 0 Å². The fraction of sp³-hybridized carbons (Fsp3) is 0.211. The summed E-state index contributed by atoms with van der Waals surface area (Å²) in [5, 5.41) is 15.7. The summed E-state index contributed by atoms with van der Waals surface area (Å²) in [6.45, 7) is 3.91. The molecule has 6 nitrogen and oxygen atoms in total. The van der Waals surface area contributed by atoms with E-state index in [2.05, 4.69) is 25.6 Å². The minimum atomic E-state index is -0.143. The number of benzene rings is 1. The van der Waals surface area contributed by atoms with Gasteiger partial charge in [-0.05, 0) is 37.6 Å². The Hall–Kier alpha value is -2.99. The number of pyridine rings is 1. The number of para-hydroxylation sites is 1. The van der Waals surface area contributed by atoms with Crippen molar-refractivity contribution in [2.45, 2.75) is 19.9 Å². The number of hydrogen-bond acceptors (Lipinski definition) is 6. The van der Waals surface area contributed by atoms with Gasteiger partial charge in [-0.1, -0.05) is 18.2 Å². The normalized spacial score (nSPS) is 11.8. The van der Waals surface area contributed by atoms with Crippen molar-refractivity contribution >= 4 is 17.5 Å². The van der Waals surface area contributed by atoms with Crippen LogP contribution in [0.25, 0.3) is 11.3 Å². The Labute approximate surface area is 147 Å². The van der Waals surface area contributed by atoms with Gasteiger partial charge in [-0.2, -0.15) is 4.98 Å². The molecule has 128 valence electrons. The third-order valence-corrected chi connectivity index (χ3v) is 3.74. The average molecular weight is 335 g/mol. The van der Waals surface area contributed by atoms with Crippen molar-refractivity contribution in [3.8, 4) is 11.3 Å². The van der Waals surface area contributed by atoms with Crippen molar-refractivity contribution in [1.82, 2.24) is 15.0 Å². The fourth-order valence-corrected chi connectivity index (χ4v) is 2.36. The molecule has 3 N–H and O–H groups in total. The van der Waals surface area contributed by atoms with Crippen LogP contribution in [0.5, 0.6) is 0 Å². The lowest BCUT2D eigenvalue weighted by atomic mass is 10.2. The van der Waals surface area contributed by atoms with Crippen LogP contribution in [0, 0.1) is 6.92 Å². The molecule has 3 aromatic rings. The molecule has 0 radical (unpaired) electrons. The van der Waals surface area contributed by atoms with E-state index in [1.807, 2.05) is 56.3 Å². The molecule has 0 saturated carbocycles. The maximum atomic E-state index is 9.28. The van der Waals surface area contributed by atoms with E-state index in [-0.39, 0.29) is 12.6 Å². The third-order valence-electron chi connectivity index (χ3n) is 3.74. The summed E-state index contributed by atoms with van der Waals surface area (Å²) in [5.74, 6) is 1.13. The zero-order chi connectivity index (χ0) is 17.6. The van der Waals surface area contributed by atoms with Crippen molar-refractivity contribution in [3.05, 3.63) is 60.4 Å². The Balaban J connectivity index is 1.99. The monoisotopic (exact) mass is 335 g/mol. The highest BCUT2D eigenvalue weighted by molar-refractivity contribution is 5.68. The predicted octanol–water partition coefficient (Wildman–Crippen LogP) is 3.38. The highest BCUT2D eigenvalue weighted by atomic mass is 16.3. The second-order valence-electron chi connectivity index (χ2n) is 5.87.